The van der Waals surface area contributed by atoms with Crippen LogP contribution >= 0.6 is 0 Å². The van der Waals surface area contributed by atoms with Gasteiger partial charge in [-0.3, -0.25) is 4.79 Å². The van der Waals surface area contributed by atoms with Crippen LogP contribution < -0.4 is 10.1 Å². The first kappa shape index (κ1) is 20.3. The average Bonchev–Trinajstić information content (AvgIpc) is 2.42. The Bertz CT molecular complexity index is 400. The minimum atomic E-state index is -0.890. The van der Waals surface area contributed by atoms with Crippen molar-refractivity contribution in [2.24, 2.45) is 0 Å². The molecule has 0 aromatic heterocycles. The Hall–Kier alpha value is -1.98. The van der Waals surface area contributed by atoms with Crippen molar-refractivity contribution >= 4 is 12.2 Å². The van der Waals surface area contributed by atoms with Gasteiger partial charge in [-0.1, -0.05) is 13.8 Å². The SMILES string of the molecule is CC.CC=O.CCNC(=O)c1cc(F)c(OC)c(F)c1. The molecule has 0 saturated carbocycles. The molecule has 0 radical (unpaired) electrons. The maximum atomic E-state index is 13.2. The zero-order chi connectivity index (χ0) is 16.1. The van der Waals surface area contributed by atoms with E-state index in [-0.39, 0.29) is 5.56 Å². The Kier molecular flexibility index (Phi) is 12.3. The molecule has 1 N–H and O–H groups in total. The van der Waals surface area contributed by atoms with Crippen LogP contribution in [-0.2, 0) is 4.79 Å². The number of carbonyl (C=O) groups is 2. The van der Waals surface area contributed by atoms with E-state index >= 15 is 0 Å². The molecule has 0 aliphatic carbocycles. The predicted octanol–water partition coefficient (Wildman–Crippen LogP) is 2.95. The smallest absolute Gasteiger partial charge is 0.251 e. The van der Waals surface area contributed by atoms with Gasteiger partial charge in [0.2, 0.25) is 0 Å². The van der Waals surface area contributed by atoms with Gasteiger partial charge in [0.1, 0.15) is 6.29 Å². The van der Waals surface area contributed by atoms with Gasteiger partial charge >= 0.3 is 0 Å². The molecule has 0 saturated heterocycles. The fourth-order valence-electron chi connectivity index (χ4n) is 1.15. The van der Waals surface area contributed by atoms with E-state index in [9.17, 15) is 13.6 Å². The lowest BCUT2D eigenvalue weighted by atomic mass is 10.2. The summed E-state index contributed by atoms with van der Waals surface area (Å²) < 4.78 is 30.8. The Labute approximate surface area is 118 Å². The summed E-state index contributed by atoms with van der Waals surface area (Å²) in [6.45, 7) is 7.56. The van der Waals surface area contributed by atoms with E-state index in [1.54, 1.807) is 6.92 Å². The van der Waals surface area contributed by atoms with Gasteiger partial charge in [-0.25, -0.2) is 8.78 Å². The number of amides is 1. The number of hydrogen-bond donors (Lipinski definition) is 1. The fraction of sp³-hybridized carbons (Fsp3) is 0.429. The Morgan fingerprint density at radius 3 is 2.00 bits per heavy atom. The number of aldehydes is 1. The third kappa shape index (κ3) is 6.82. The van der Waals surface area contributed by atoms with Crippen LogP contribution in [0.2, 0.25) is 0 Å². The number of benzene rings is 1. The highest BCUT2D eigenvalue weighted by molar-refractivity contribution is 5.94. The summed E-state index contributed by atoms with van der Waals surface area (Å²) in [5.41, 5.74) is -0.0624. The van der Waals surface area contributed by atoms with Crippen LogP contribution in [0, 0.1) is 11.6 Å². The highest BCUT2D eigenvalue weighted by Gasteiger charge is 2.14. The van der Waals surface area contributed by atoms with Crippen LogP contribution in [0.25, 0.3) is 0 Å². The minimum absolute atomic E-state index is 0.0624. The largest absolute Gasteiger partial charge is 0.491 e. The Balaban J connectivity index is 0. The molecule has 1 aromatic carbocycles. The van der Waals surface area contributed by atoms with Crippen molar-refractivity contribution in [3.05, 3.63) is 29.3 Å². The molecule has 1 amide bonds. The van der Waals surface area contributed by atoms with Gasteiger partial charge in [-0.05, 0) is 26.0 Å². The van der Waals surface area contributed by atoms with Crippen LogP contribution in [0.15, 0.2) is 12.1 Å². The Morgan fingerprint density at radius 1 is 1.30 bits per heavy atom. The molecule has 6 heteroatoms. The van der Waals surface area contributed by atoms with Gasteiger partial charge in [0, 0.05) is 12.1 Å². The lowest BCUT2D eigenvalue weighted by Gasteiger charge is -2.06. The van der Waals surface area contributed by atoms with Crippen LogP contribution in [0.4, 0.5) is 8.78 Å². The minimum Gasteiger partial charge on any atom is -0.491 e. The summed E-state index contributed by atoms with van der Waals surface area (Å²) in [7, 11) is 1.16. The van der Waals surface area contributed by atoms with Crippen molar-refractivity contribution < 1.29 is 23.1 Å². The van der Waals surface area contributed by atoms with E-state index in [0.29, 0.717) is 6.54 Å². The summed E-state index contributed by atoms with van der Waals surface area (Å²) in [6, 6.07) is 1.87. The molecule has 0 fully saturated rings. The third-order valence-electron chi connectivity index (χ3n) is 1.80. The number of rotatable bonds is 3. The number of nitrogens with one attached hydrogen (secondary N) is 1. The first-order valence-electron chi connectivity index (χ1n) is 6.22. The molecule has 0 aliphatic rings. The number of halogens is 2. The summed E-state index contributed by atoms with van der Waals surface area (Å²) >= 11 is 0. The second kappa shape index (κ2) is 12.1. The van der Waals surface area contributed by atoms with E-state index < -0.39 is 23.3 Å². The summed E-state index contributed by atoms with van der Waals surface area (Å²) in [4.78, 5) is 20.1. The molecule has 20 heavy (non-hydrogen) atoms. The average molecular weight is 289 g/mol. The molecular weight excluding hydrogens is 268 g/mol. The molecule has 0 bridgehead atoms. The summed E-state index contributed by atoms with van der Waals surface area (Å²) in [5, 5.41) is 2.44. The van der Waals surface area contributed by atoms with Crippen molar-refractivity contribution in [3.8, 4) is 5.75 Å². The molecule has 4 nitrogen and oxygen atoms in total. The van der Waals surface area contributed by atoms with Crippen molar-refractivity contribution in [3.63, 3.8) is 0 Å². The molecule has 0 atom stereocenters. The maximum absolute atomic E-state index is 13.2. The van der Waals surface area contributed by atoms with Crippen molar-refractivity contribution in [2.75, 3.05) is 13.7 Å². The Morgan fingerprint density at radius 2 is 1.70 bits per heavy atom. The molecule has 0 aliphatic heterocycles. The molecule has 0 unspecified atom stereocenters. The van der Waals surface area contributed by atoms with E-state index in [1.807, 2.05) is 13.8 Å². The van der Waals surface area contributed by atoms with E-state index in [1.165, 1.54) is 6.92 Å². The third-order valence-corrected chi connectivity index (χ3v) is 1.80. The number of carbonyl (C=O) groups excluding carboxylic acids is 2. The molecular formula is C14H21F2NO3. The zero-order valence-electron chi connectivity index (χ0n) is 12.4. The standard InChI is InChI=1S/C10H11F2NO2.C2H4O.C2H6/c1-3-13-10(14)6-4-7(11)9(15-2)8(12)5-6;1-2-3;1-2/h4-5H,3H2,1-2H3,(H,13,14);2H,1H3;1-2H3. The highest BCUT2D eigenvalue weighted by Crippen LogP contribution is 2.22. The topological polar surface area (TPSA) is 55.4 Å². The number of methoxy groups -OCH3 is 1. The van der Waals surface area contributed by atoms with Crippen LogP contribution in [0.1, 0.15) is 38.1 Å². The predicted molar refractivity (Wildman–Crippen MR) is 74.0 cm³/mol. The van der Waals surface area contributed by atoms with Gasteiger partial charge in [0.15, 0.2) is 17.4 Å². The number of hydrogen-bond acceptors (Lipinski definition) is 3. The first-order valence-corrected chi connectivity index (χ1v) is 6.22. The second-order valence-corrected chi connectivity index (χ2v) is 3.07. The molecule has 0 spiro atoms. The highest BCUT2D eigenvalue weighted by atomic mass is 19.1. The van der Waals surface area contributed by atoms with Gasteiger partial charge in [-0.2, -0.15) is 0 Å². The second-order valence-electron chi connectivity index (χ2n) is 3.07. The first-order chi connectivity index (χ1) is 9.51. The van der Waals surface area contributed by atoms with Crippen molar-refractivity contribution in [2.45, 2.75) is 27.7 Å². The fourth-order valence-corrected chi connectivity index (χ4v) is 1.15. The summed E-state index contributed by atoms with van der Waals surface area (Å²) in [6.07, 6.45) is 0.750. The molecule has 1 aromatic rings. The van der Waals surface area contributed by atoms with Crippen LogP contribution in [-0.4, -0.2) is 25.8 Å². The summed E-state index contributed by atoms with van der Waals surface area (Å²) in [5.74, 6) is -2.78. The van der Waals surface area contributed by atoms with Crippen molar-refractivity contribution in [1.82, 2.24) is 5.32 Å². The maximum Gasteiger partial charge on any atom is 0.251 e. The van der Waals surface area contributed by atoms with E-state index in [0.717, 1.165) is 25.5 Å². The van der Waals surface area contributed by atoms with Crippen LogP contribution in [0.5, 0.6) is 5.75 Å². The molecule has 114 valence electrons. The van der Waals surface area contributed by atoms with Gasteiger partial charge in [-0.15, -0.1) is 0 Å². The van der Waals surface area contributed by atoms with Crippen molar-refractivity contribution in [1.29, 1.82) is 0 Å². The normalized spacial score (nSPS) is 8.35. The molecule has 0 heterocycles. The van der Waals surface area contributed by atoms with Gasteiger partial charge in [0.05, 0.1) is 7.11 Å². The monoisotopic (exact) mass is 289 g/mol. The van der Waals surface area contributed by atoms with Gasteiger partial charge in [0.25, 0.3) is 5.91 Å². The zero-order valence-corrected chi connectivity index (χ0v) is 12.4. The molecule has 1 rings (SSSR count). The van der Waals surface area contributed by atoms with Gasteiger partial charge < -0.3 is 14.8 Å². The van der Waals surface area contributed by atoms with Crippen LogP contribution in [0.3, 0.4) is 0 Å². The lowest BCUT2D eigenvalue weighted by molar-refractivity contribution is -0.106. The lowest BCUT2D eigenvalue weighted by Crippen LogP contribution is -2.23. The quantitative estimate of drug-likeness (QED) is 0.870. The van der Waals surface area contributed by atoms with E-state index in [2.05, 4.69) is 10.1 Å². The van der Waals surface area contributed by atoms with E-state index in [4.69, 9.17) is 4.79 Å². The number of ether oxygens (including phenoxy) is 1.